The van der Waals surface area contributed by atoms with Crippen molar-refractivity contribution in [2.45, 2.75) is 94.7 Å². The first-order valence-electron chi connectivity index (χ1n) is 11.4. The van der Waals surface area contributed by atoms with Crippen LogP contribution in [0.3, 0.4) is 0 Å². The minimum atomic E-state index is -1.07. The van der Waals surface area contributed by atoms with E-state index >= 15 is 0 Å². The number of ether oxygens (including phenoxy) is 2. The highest BCUT2D eigenvalue weighted by Crippen LogP contribution is 2.58. The summed E-state index contributed by atoms with van der Waals surface area (Å²) in [5.41, 5.74) is -0.335. The average molecular weight is 445 g/mol. The lowest BCUT2D eigenvalue weighted by atomic mass is 9.69. The van der Waals surface area contributed by atoms with Gasteiger partial charge in [-0.2, -0.15) is 0 Å². The summed E-state index contributed by atoms with van der Waals surface area (Å²) in [4.78, 5) is 25.2. The number of fused-ring (bicyclic) bond motifs is 1. The van der Waals surface area contributed by atoms with Gasteiger partial charge in [0, 0.05) is 24.9 Å². The molecule has 4 aliphatic carbocycles. The maximum Gasteiger partial charge on any atom is 0.246 e. The van der Waals surface area contributed by atoms with Crippen LogP contribution in [-0.4, -0.2) is 60.9 Å². The zero-order chi connectivity index (χ0) is 21.5. The van der Waals surface area contributed by atoms with Crippen LogP contribution in [0.15, 0.2) is 0 Å². The van der Waals surface area contributed by atoms with Gasteiger partial charge in [-0.1, -0.05) is 0 Å². The molecule has 30 heavy (non-hydrogen) atoms. The summed E-state index contributed by atoms with van der Waals surface area (Å²) in [5, 5.41) is 5.73. The second-order valence-electron chi connectivity index (χ2n) is 9.96. The molecule has 2 N–H and O–H groups in total. The molecule has 5 fully saturated rings. The second-order valence-corrected chi connectivity index (χ2v) is 10.5. The third-order valence-corrected chi connectivity index (χ3v) is 8.17. The minimum Gasteiger partial charge on any atom is -0.375 e. The van der Waals surface area contributed by atoms with E-state index < -0.39 is 11.5 Å². The predicted octanol–water partition coefficient (Wildman–Crippen LogP) is 2.72. The van der Waals surface area contributed by atoms with Crippen LogP contribution in [0, 0.1) is 17.3 Å². The van der Waals surface area contributed by atoms with Crippen molar-refractivity contribution < 1.29 is 23.5 Å². The highest BCUT2D eigenvalue weighted by molar-refractivity contribution is 6.21. The normalized spacial score (nSPS) is 45.1. The van der Waals surface area contributed by atoms with Gasteiger partial charge in [0.05, 0.1) is 29.1 Å². The van der Waals surface area contributed by atoms with Gasteiger partial charge in [-0.05, 0) is 58.3 Å². The number of alkyl halides is 2. The molecule has 0 aromatic carbocycles. The molecule has 2 amide bonds. The fourth-order valence-corrected chi connectivity index (χ4v) is 6.11. The number of halogens is 2. The smallest absolute Gasteiger partial charge is 0.246 e. The van der Waals surface area contributed by atoms with Gasteiger partial charge in [-0.3, -0.25) is 9.59 Å². The molecule has 1 aliphatic heterocycles. The lowest BCUT2D eigenvalue weighted by molar-refractivity contribution is -0.135. The number of carbonyl (C=O) groups is 2. The van der Waals surface area contributed by atoms with Crippen LogP contribution >= 0.6 is 11.6 Å². The Morgan fingerprint density at radius 3 is 2.63 bits per heavy atom. The third-order valence-electron chi connectivity index (χ3n) is 7.68. The van der Waals surface area contributed by atoms with Gasteiger partial charge in [0.15, 0.2) is 0 Å². The van der Waals surface area contributed by atoms with Crippen molar-refractivity contribution in [2.75, 3.05) is 13.2 Å². The van der Waals surface area contributed by atoms with E-state index in [1.54, 1.807) is 0 Å². The fraction of sp³-hybridized carbons (Fsp3) is 0.909. The summed E-state index contributed by atoms with van der Waals surface area (Å²) >= 11 is 5.89. The molecule has 2 bridgehead atoms. The van der Waals surface area contributed by atoms with E-state index in [1.807, 2.05) is 0 Å². The number of amides is 2. The van der Waals surface area contributed by atoms with Gasteiger partial charge in [0.2, 0.25) is 11.8 Å². The molecule has 6 unspecified atom stereocenters. The molecule has 8 heteroatoms. The Bertz CT molecular complexity index is 659. The number of carbonyl (C=O) groups excluding carboxylic acids is 2. The monoisotopic (exact) mass is 444 g/mol. The first-order valence-corrected chi connectivity index (χ1v) is 11.8. The maximum absolute atomic E-state index is 13.7. The van der Waals surface area contributed by atoms with Crippen molar-refractivity contribution in [3.63, 3.8) is 0 Å². The number of rotatable bonds is 7. The van der Waals surface area contributed by atoms with Crippen LogP contribution in [0.4, 0.5) is 4.39 Å². The van der Waals surface area contributed by atoms with Crippen LogP contribution < -0.4 is 10.6 Å². The topological polar surface area (TPSA) is 76.7 Å². The molecule has 1 saturated heterocycles. The van der Waals surface area contributed by atoms with Gasteiger partial charge in [-0.15, -0.1) is 11.6 Å². The molecular weight excluding hydrogens is 411 g/mol. The van der Waals surface area contributed by atoms with E-state index in [0.29, 0.717) is 37.6 Å². The highest BCUT2D eigenvalue weighted by Gasteiger charge is 2.60. The van der Waals surface area contributed by atoms with E-state index in [1.165, 1.54) is 0 Å². The van der Waals surface area contributed by atoms with E-state index in [0.717, 1.165) is 19.3 Å². The molecule has 0 aromatic rings. The van der Waals surface area contributed by atoms with Gasteiger partial charge in [-0.25, -0.2) is 4.39 Å². The molecular formula is C22H34ClFN2O4. The van der Waals surface area contributed by atoms with Crippen LogP contribution in [0.1, 0.15) is 58.8 Å². The highest BCUT2D eigenvalue weighted by atomic mass is 35.5. The molecule has 5 aliphatic rings. The first-order chi connectivity index (χ1) is 14.3. The predicted molar refractivity (Wildman–Crippen MR) is 111 cm³/mol. The van der Waals surface area contributed by atoms with E-state index in [4.69, 9.17) is 21.1 Å². The Morgan fingerprint density at radius 2 is 1.97 bits per heavy atom. The standard InChI is InChI=1S/C22H34ClFN2O4/c1-12-5-14(13(2)30-12)10-25-21(28)22-7-15(8-22)19(9-22)26-20(27)11-29-16-3-4-17(23)18(24)6-16/h12-19H,3-11H2,1-2H3,(H,25,28)(H,26,27)/t12?,13?,14?,15?,16?,17-,18?,19?,22?/m1/s1. The summed E-state index contributed by atoms with van der Waals surface area (Å²) in [5.74, 6) is 0.654. The Kier molecular flexibility index (Phi) is 6.62. The van der Waals surface area contributed by atoms with Gasteiger partial charge >= 0.3 is 0 Å². The van der Waals surface area contributed by atoms with Crippen LogP contribution in [0.5, 0.6) is 0 Å². The lowest BCUT2D eigenvalue weighted by Crippen LogP contribution is -2.46. The average Bonchev–Trinajstić information content (AvgIpc) is 3.31. The molecule has 0 radical (unpaired) electrons. The Morgan fingerprint density at radius 1 is 1.20 bits per heavy atom. The largest absolute Gasteiger partial charge is 0.375 e. The van der Waals surface area contributed by atoms with Gasteiger partial charge in [0.25, 0.3) is 0 Å². The summed E-state index contributed by atoms with van der Waals surface area (Å²) in [6.07, 6.45) is 3.94. The van der Waals surface area contributed by atoms with E-state index in [-0.39, 0.29) is 54.6 Å². The summed E-state index contributed by atoms with van der Waals surface area (Å²) in [6.45, 7) is 4.73. The Hall–Kier alpha value is -0.920. The molecule has 7 atom stereocenters. The summed E-state index contributed by atoms with van der Waals surface area (Å²) < 4.78 is 25.1. The summed E-state index contributed by atoms with van der Waals surface area (Å²) in [6, 6.07) is 0.0214. The van der Waals surface area contributed by atoms with Crippen molar-refractivity contribution in [2.24, 2.45) is 17.3 Å². The Balaban J connectivity index is 1.18. The minimum absolute atomic E-state index is 0.0214. The van der Waals surface area contributed by atoms with Crippen LogP contribution in [-0.2, 0) is 19.1 Å². The molecule has 1 heterocycles. The quantitative estimate of drug-likeness (QED) is 0.592. The second kappa shape index (κ2) is 8.91. The first kappa shape index (κ1) is 22.3. The van der Waals surface area contributed by atoms with Crippen molar-refractivity contribution >= 4 is 23.4 Å². The fourth-order valence-electron chi connectivity index (χ4n) is 5.88. The van der Waals surface area contributed by atoms with Crippen LogP contribution in [0.25, 0.3) is 0 Å². The van der Waals surface area contributed by atoms with Crippen LogP contribution in [0.2, 0.25) is 0 Å². The van der Waals surface area contributed by atoms with E-state index in [2.05, 4.69) is 24.5 Å². The van der Waals surface area contributed by atoms with E-state index in [9.17, 15) is 14.0 Å². The molecule has 6 nitrogen and oxygen atoms in total. The molecule has 170 valence electrons. The molecule has 5 rings (SSSR count). The maximum atomic E-state index is 13.7. The van der Waals surface area contributed by atoms with Gasteiger partial charge in [0.1, 0.15) is 12.8 Å². The third kappa shape index (κ3) is 4.63. The number of hydrogen-bond acceptors (Lipinski definition) is 4. The SMILES string of the molecule is CC1CC(CNC(=O)C23CC(C2)C(NC(=O)COC2CC[C@@H](Cl)C(F)C2)C3)C(C)O1. The molecule has 0 aromatic heterocycles. The van der Waals surface area contributed by atoms with Crippen molar-refractivity contribution in [3.8, 4) is 0 Å². The van der Waals surface area contributed by atoms with Crippen molar-refractivity contribution in [3.05, 3.63) is 0 Å². The Labute approximate surface area is 182 Å². The zero-order valence-electron chi connectivity index (χ0n) is 17.9. The van der Waals surface area contributed by atoms with Crippen molar-refractivity contribution in [1.29, 1.82) is 0 Å². The number of hydrogen-bond donors (Lipinski definition) is 2. The van der Waals surface area contributed by atoms with Gasteiger partial charge < -0.3 is 20.1 Å². The summed E-state index contributed by atoms with van der Waals surface area (Å²) in [7, 11) is 0. The zero-order valence-corrected chi connectivity index (χ0v) is 18.6. The molecule has 0 spiro atoms. The lowest BCUT2D eigenvalue weighted by Gasteiger charge is -2.37. The molecule has 4 saturated carbocycles. The number of nitrogens with one attached hydrogen (secondary N) is 2. The van der Waals surface area contributed by atoms with Crippen molar-refractivity contribution in [1.82, 2.24) is 10.6 Å².